The van der Waals surface area contributed by atoms with Crippen LogP contribution in [0.25, 0.3) is 11.0 Å². The van der Waals surface area contributed by atoms with Crippen molar-refractivity contribution < 1.29 is 12.8 Å². The van der Waals surface area contributed by atoms with E-state index in [0.717, 1.165) is 22.2 Å². The second kappa shape index (κ2) is 9.35. The normalized spacial score (nSPS) is 11.6. The number of hydrogen-bond acceptors (Lipinski definition) is 5. The lowest BCUT2D eigenvalue weighted by molar-refractivity contribution is 0.595. The molecule has 0 saturated heterocycles. The van der Waals surface area contributed by atoms with Crippen molar-refractivity contribution in [2.45, 2.75) is 26.3 Å². The lowest BCUT2D eigenvalue weighted by atomic mass is 10.1. The fraction of sp³-hybridized carbons (Fsp3) is 0.217. The van der Waals surface area contributed by atoms with Crippen LogP contribution in [0.1, 0.15) is 30.0 Å². The van der Waals surface area contributed by atoms with Gasteiger partial charge in [0, 0.05) is 42.5 Å². The molecule has 0 aliphatic rings. The van der Waals surface area contributed by atoms with E-state index in [-0.39, 0.29) is 18.0 Å². The Kier molecular flexibility index (Phi) is 6.36. The van der Waals surface area contributed by atoms with Crippen LogP contribution in [0.15, 0.2) is 61.1 Å². The van der Waals surface area contributed by atoms with Crippen molar-refractivity contribution >= 4 is 32.6 Å². The summed E-state index contributed by atoms with van der Waals surface area (Å²) >= 11 is 0. The summed E-state index contributed by atoms with van der Waals surface area (Å²) in [7, 11) is -3.56. The first-order chi connectivity index (χ1) is 15.4. The fourth-order valence-electron chi connectivity index (χ4n) is 3.48. The monoisotopic (exact) mass is 453 g/mol. The predicted octanol–water partition coefficient (Wildman–Crippen LogP) is 4.45. The maximum Gasteiger partial charge on any atom is 0.232 e. The molecule has 0 fully saturated rings. The van der Waals surface area contributed by atoms with E-state index in [0.29, 0.717) is 24.2 Å². The van der Waals surface area contributed by atoms with Crippen LogP contribution in [0.5, 0.6) is 0 Å². The number of nitrogens with zero attached hydrogens (tertiary/aromatic N) is 2. The lowest BCUT2D eigenvalue weighted by Crippen LogP contribution is -2.17. The number of aromatic nitrogens is 3. The smallest absolute Gasteiger partial charge is 0.232 e. The summed E-state index contributed by atoms with van der Waals surface area (Å²) in [6.45, 7) is 1.93. The van der Waals surface area contributed by atoms with E-state index in [9.17, 15) is 12.8 Å². The number of sulfonamides is 1. The zero-order chi connectivity index (χ0) is 22.6. The minimum Gasteiger partial charge on any atom is -0.366 e. The Bertz CT molecular complexity index is 1320. The van der Waals surface area contributed by atoms with E-state index in [1.807, 2.05) is 30.5 Å². The van der Waals surface area contributed by atoms with Gasteiger partial charge in [0.05, 0.1) is 11.4 Å². The van der Waals surface area contributed by atoms with Crippen LogP contribution < -0.4 is 10.0 Å². The maximum absolute atomic E-state index is 14.8. The van der Waals surface area contributed by atoms with Crippen LogP contribution in [0.2, 0.25) is 0 Å². The fourth-order valence-corrected chi connectivity index (χ4v) is 4.61. The van der Waals surface area contributed by atoms with Crippen molar-refractivity contribution in [1.29, 1.82) is 0 Å². The number of H-pyrrole nitrogens is 1. The summed E-state index contributed by atoms with van der Waals surface area (Å²) in [5.74, 6) is -0.0461. The first-order valence-corrected chi connectivity index (χ1v) is 12.0. The van der Waals surface area contributed by atoms with Crippen molar-refractivity contribution in [2.75, 3.05) is 15.8 Å². The second-order valence-electron chi connectivity index (χ2n) is 7.50. The highest BCUT2D eigenvalue weighted by Gasteiger charge is 2.14. The summed E-state index contributed by atoms with van der Waals surface area (Å²) in [5, 5.41) is 4.17. The molecule has 0 unspecified atom stereocenters. The average molecular weight is 454 g/mol. The maximum atomic E-state index is 14.8. The highest BCUT2D eigenvalue weighted by atomic mass is 32.2. The lowest BCUT2D eigenvalue weighted by Gasteiger charge is -2.12. The van der Waals surface area contributed by atoms with Crippen LogP contribution in [-0.4, -0.2) is 29.1 Å². The van der Waals surface area contributed by atoms with E-state index in [4.69, 9.17) is 0 Å². The van der Waals surface area contributed by atoms with Gasteiger partial charge < -0.3 is 10.3 Å². The highest BCUT2D eigenvalue weighted by molar-refractivity contribution is 7.92. The molecular weight excluding hydrogens is 429 g/mol. The minimum absolute atomic E-state index is 0.0470. The summed E-state index contributed by atoms with van der Waals surface area (Å²) < 4.78 is 41.0. The van der Waals surface area contributed by atoms with Gasteiger partial charge in [-0.3, -0.25) is 4.72 Å². The Hall–Kier alpha value is -3.46. The first-order valence-electron chi connectivity index (χ1n) is 10.3. The molecule has 3 aromatic heterocycles. The van der Waals surface area contributed by atoms with Crippen LogP contribution in [0.4, 0.5) is 15.9 Å². The molecule has 0 aliphatic carbocycles. The van der Waals surface area contributed by atoms with Crippen molar-refractivity contribution in [1.82, 2.24) is 15.0 Å². The number of fused-ring (bicyclic) bond motifs is 1. The molecule has 4 rings (SSSR count). The number of pyridine rings is 2. The summed E-state index contributed by atoms with van der Waals surface area (Å²) in [4.78, 5) is 11.9. The minimum atomic E-state index is -3.56. The largest absolute Gasteiger partial charge is 0.366 e. The van der Waals surface area contributed by atoms with Gasteiger partial charge in [-0.15, -0.1) is 0 Å². The van der Waals surface area contributed by atoms with Gasteiger partial charge in [-0.25, -0.2) is 22.8 Å². The molecule has 3 N–H and O–H groups in total. The molecule has 0 atom stereocenters. The molecule has 0 bridgehead atoms. The molecule has 3 heterocycles. The molecular formula is C23H24FN5O2S. The quantitative estimate of drug-likeness (QED) is 0.348. The Morgan fingerprint density at radius 3 is 2.72 bits per heavy atom. The zero-order valence-corrected chi connectivity index (χ0v) is 18.4. The number of nitrogens with one attached hydrogen (secondary N) is 3. The molecule has 0 saturated carbocycles. The van der Waals surface area contributed by atoms with Gasteiger partial charge in [0.25, 0.3) is 0 Å². The first kappa shape index (κ1) is 21.8. The standard InChI is InChI=1S/C23H24FN5O2S/c1-2-11-32(30,31)29-20-7-3-5-17(22(20)24)14-27-21-9-8-16(13-26-21)12-18-15-28-23-19(18)6-4-10-25-23/h3-10,13,15,29H,2,11-12,14H2,1H3,(H,25,28)(H,26,27). The Morgan fingerprint density at radius 2 is 1.94 bits per heavy atom. The number of halogens is 1. The zero-order valence-electron chi connectivity index (χ0n) is 17.6. The topological polar surface area (TPSA) is 99.8 Å². The van der Waals surface area contributed by atoms with Crippen LogP contribution in [0, 0.1) is 5.82 Å². The van der Waals surface area contributed by atoms with Crippen molar-refractivity contribution in [3.05, 3.63) is 83.6 Å². The molecule has 0 spiro atoms. The van der Waals surface area contributed by atoms with Gasteiger partial charge >= 0.3 is 0 Å². The molecule has 0 aliphatic heterocycles. The van der Waals surface area contributed by atoms with Gasteiger partial charge in [0.2, 0.25) is 10.0 Å². The SMILES string of the molecule is CCCS(=O)(=O)Nc1cccc(CNc2ccc(Cc3c[nH]c4ncccc34)cn2)c1F. The van der Waals surface area contributed by atoms with E-state index in [1.54, 1.807) is 31.5 Å². The van der Waals surface area contributed by atoms with Gasteiger partial charge in [0.15, 0.2) is 5.82 Å². The van der Waals surface area contributed by atoms with Crippen molar-refractivity contribution in [3.63, 3.8) is 0 Å². The third-order valence-electron chi connectivity index (χ3n) is 5.03. The van der Waals surface area contributed by atoms with Crippen LogP contribution in [0.3, 0.4) is 0 Å². The Labute approximate surface area is 186 Å². The Balaban J connectivity index is 1.41. The van der Waals surface area contributed by atoms with Crippen molar-refractivity contribution in [2.24, 2.45) is 0 Å². The van der Waals surface area contributed by atoms with E-state index < -0.39 is 15.8 Å². The number of hydrogen-bond donors (Lipinski definition) is 3. The van der Waals surface area contributed by atoms with E-state index in [1.165, 1.54) is 6.07 Å². The van der Waals surface area contributed by atoms with Crippen LogP contribution >= 0.6 is 0 Å². The molecule has 0 amide bonds. The van der Waals surface area contributed by atoms with Gasteiger partial charge in [-0.2, -0.15) is 0 Å². The average Bonchev–Trinajstić information content (AvgIpc) is 3.18. The summed E-state index contributed by atoms with van der Waals surface area (Å²) in [6.07, 6.45) is 6.66. The Morgan fingerprint density at radius 1 is 1.06 bits per heavy atom. The molecule has 1 aromatic carbocycles. The molecule has 32 heavy (non-hydrogen) atoms. The summed E-state index contributed by atoms with van der Waals surface area (Å²) in [5.41, 5.74) is 3.34. The third kappa shape index (κ3) is 5.05. The number of benzene rings is 1. The molecule has 9 heteroatoms. The van der Waals surface area contributed by atoms with E-state index >= 15 is 0 Å². The van der Waals surface area contributed by atoms with Gasteiger partial charge in [-0.05, 0) is 41.8 Å². The molecule has 166 valence electrons. The molecule has 7 nitrogen and oxygen atoms in total. The molecule has 0 radical (unpaired) electrons. The summed E-state index contributed by atoms with van der Waals surface area (Å²) in [6, 6.07) is 12.4. The van der Waals surface area contributed by atoms with Crippen molar-refractivity contribution in [3.8, 4) is 0 Å². The van der Waals surface area contributed by atoms with Crippen LogP contribution in [-0.2, 0) is 23.0 Å². The number of rotatable bonds is 9. The van der Waals surface area contributed by atoms with Gasteiger partial charge in [-0.1, -0.05) is 25.1 Å². The highest BCUT2D eigenvalue weighted by Crippen LogP contribution is 2.22. The van der Waals surface area contributed by atoms with E-state index in [2.05, 4.69) is 25.0 Å². The number of aromatic amines is 1. The molecule has 4 aromatic rings. The third-order valence-corrected chi connectivity index (χ3v) is 6.51. The second-order valence-corrected chi connectivity index (χ2v) is 9.34. The van der Waals surface area contributed by atoms with Gasteiger partial charge in [0.1, 0.15) is 11.5 Å². The number of anilines is 2. The predicted molar refractivity (Wildman–Crippen MR) is 125 cm³/mol.